The molecule has 10 nitrogen and oxygen atoms in total. The highest BCUT2D eigenvalue weighted by Gasteiger charge is 2.21. The Morgan fingerprint density at radius 3 is 2.07 bits per heavy atom. The lowest BCUT2D eigenvalue weighted by atomic mass is 9.95. The molecule has 0 radical (unpaired) electrons. The van der Waals surface area contributed by atoms with Crippen molar-refractivity contribution in [2.75, 3.05) is 5.32 Å². The zero-order chi connectivity index (χ0) is 21.7. The van der Waals surface area contributed by atoms with Gasteiger partial charge in [-0.05, 0) is 31.0 Å². The second kappa shape index (κ2) is 9.12. The molecule has 0 unspecified atom stereocenters. The third-order valence-corrected chi connectivity index (χ3v) is 4.91. The molecule has 0 saturated heterocycles. The first-order chi connectivity index (χ1) is 14.3. The third kappa shape index (κ3) is 5.16. The summed E-state index contributed by atoms with van der Waals surface area (Å²) in [5.41, 5.74) is -0.688. The van der Waals surface area contributed by atoms with Crippen molar-refractivity contribution in [2.45, 2.75) is 38.1 Å². The Kier molecular flexibility index (Phi) is 6.35. The van der Waals surface area contributed by atoms with Crippen molar-refractivity contribution < 1.29 is 19.4 Å². The number of non-ortho nitro benzene ring substituents is 2. The van der Waals surface area contributed by atoms with Gasteiger partial charge in [-0.2, -0.15) is 0 Å². The monoisotopic (exact) mass is 412 g/mol. The van der Waals surface area contributed by atoms with Gasteiger partial charge < -0.3 is 10.6 Å². The number of carbonyl (C=O) groups is 2. The molecular weight excluding hydrogens is 392 g/mol. The highest BCUT2D eigenvalue weighted by molar-refractivity contribution is 6.06. The first kappa shape index (κ1) is 20.9. The summed E-state index contributed by atoms with van der Waals surface area (Å²) in [4.78, 5) is 45.4. The Hall–Kier alpha value is -3.82. The van der Waals surface area contributed by atoms with Crippen LogP contribution in [0.4, 0.5) is 17.1 Å². The summed E-state index contributed by atoms with van der Waals surface area (Å²) in [5, 5.41) is 27.5. The van der Waals surface area contributed by atoms with Crippen LogP contribution in [0.15, 0.2) is 42.5 Å². The molecule has 0 aliphatic heterocycles. The maximum atomic E-state index is 12.5. The molecule has 0 atom stereocenters. The Morgan fingerprint density at radius 1 is 0.833 bits per heavy atom. The van der Waals surface area contributed by atoms with Crippen LogP contribution in [-0.4, -0.2) is 27.7 Å². The van der Waals surface area contributed by atoms with Crippen LogP contribution in [0.5, 0.6) is 0 Å². The quantitative estimate of drug-likeness (QED) is 0.545. The minimum absolute atomic E-state index is 0.134. The summed E-state index contributed by atoms with van der Waals surface area (Å²) >= 11 is 0. The average molecular weight is 412 g/mol. The summed E-state index contributed by atoms with van der Waals surface area (Å²) in [6.45, 7) is 0. The molecule has 1 aliphatic rings. The van der Waals surface area contributed by atoms with E-state index in [9.17, 15) is 29.8 Å². The minimum atomic E-state index is -0.806. The summed E-state index contributed by atoms with van der Waals surface area (Å²) in [6.07, 6.45) is 5.21. The van der Waals surface area contributed by atoms with Crippen LogP contribution in [0, 0.1) is 20.2 Å². The largest absolute Gasteiger partial charge is 0.349 e. The van der Waals surface area contributed by atoms with Gasteiger partial charge in [0.25, 0.3) is 23.2 Å². The van der Waals surface area contributed by atoms with Gasteiger partial charge in [-0.3, -0.25) is 29.8 Å². The Labute approximate surface area is 171 Å². The van der Waals surface area contributed by atoms with Crippen LogP contribution < -0.4 is 10.6 Å². The SMILES string of the molecule is O=C(Nc1cccc(C(=O)NC2CCCCC2)c1)c1cc([N+](=O)[O-])cc([N+](=O)[O-])c1. The normalized spacial score (nSPS) is 14.0. The molecule has 2 aromatic carbocycles. The number of carbonyl (C=O) groups excluding carboxylic acids is 2. The van der Waals surface area contributed by atoms with Crippen LogP contribution >= 0.6 is 0 Å². The van der Waals surface area contributed by atoms with Gasteiger partial charge >= 0.3 is 0 Å². The van der Waals surface area contributed by atoms with Crippen molar-refractivity contribution in [1.29, 1.82) is 0 Å². The second-order valence-electron chi connectivity index (χ2n) is 7.10. The molecule has 1 aliphatic carbocycles. The second-order valence-corrected chi connectivity index (χ2v) is 7.10. The van der Waals surface area contributed by atoms with E-state index in [1.165, 1.54) is 12.5 Å². The van der Waals surface area contributed by atoms with Gasteiger partial charge in [-0.15, -0.1) is 0 Å². The molecule has 3 rings (SSSR count). The molecule has 1 fully saturated rings. The molecule has 156 valence electrons. The predicted octanol–water partition coefficient (Wildman–Crippen LogP) is 3.82. The van der Waals surface area contributed by atoms with E-state index in [0.717, 1.165) is 43.9 Å². The van der Waals surface area contributed by atoms with Crippen LogP contribution in [0.3, 0.4) is 0 Å². The van der Waals surface area contributed by atoms with E-state index in [0.29, 0.717) is 11.3 Å². The molecule has 0 spiro atoms. The number of rotatable bonds is 6. The highest BCUT2D eigenvalue weighted by atomic mass is 16.6. The fourth-order valence-corrected chi connectivity index (χ4v) is 3.39. The van der Waals surface area contributed by atoms with Crippen molar-refractivity contribution in [3.63, 3.8) is 0 Å². The van der Waals surface area contributed by atoms with Crippen LogP contribution in [0.25, 0.3) is 0 Å². The highest BCUT2D eigenvalue weighted by Crippen LogP contribution is 2.24. The van der Waals surface area contributed by atoms with Gasteiger partial charge in [-0.1, -0.05) is 25.3 Å². The molecule has 30 heavy (non-hydrogen) atoms. The number of hydrogen-bond donors (Lipinski definition) is 2. The summed E-state index contributed by atoms with van der Waals surface area (Å²) in [6, 6.07) is 9.10. The smallest absolute Gasteiger partial charge is 0.277 e. The van der Waals surface area contributed by atoms with Crippen molar-refractivity contribution in [2.24, 2.45) is 0 Å². The number of nitro groups is 2. The average Bonchev–Trinajstić information content (AvgIpc) is 2.74. The predicted molar refractivity (Wildman–Crippen MR) is 108 cm³/mol. The van der Waals surface area contributed by atoms with Crippen molar-refractivity contribution in [3.05, 3.63) is 73.8 Å². The zero-order valence-electron chi connectivity index (χ0n) is 16.0. The zero-order valence-corrected chi connectivity index (χ0v) is 16.0. The van der Waals surface area contributed by atoms with E-state index in [4.69, 9.17) is 0 Å². The maximum Gasteiger partial charge on any atom is 0.277 e. The van der Waals surface area contributed by atoms with E-state index < -0.39 is 27.1 Å². The molecule has 10 heteroatoms. The molecule has 0 bridgehead atoms. The van der Waals surface area contributed by atoms with Gasteiger partial charge in [-0.25, -0.2) is 0 Å². The molecule has 2 N–H and O–H groups in total. The Morgan fingerprint density at radius 2 is 1.47 bits per heavy atom. The molecule has 1 saturated carbocycles. The van der Waals surface area contributed by atoms with E-state index in [1.54, 1.807) is 18.2 Å². The number of hydrogen-bond acceptors (Lipinski definition) is 6. The molecule has 2 amide bonds. The molecule has 0 aromatic heterocycles. The van der Waals surface area contributed by atoms with Gasteiger partial charge in [0, 0.05) is 29.4 Å². The van der Waals surface area contributed by atoms with E-state index in [2.05, 4.69) is 10.6 Å². The Balaban J connectivity index is 1.75. The standard InChI is InChI=1S/C20H20N4O6/c25-19(21-15-6-2-1-3-7-15)13-5-4-8-16(9-13)22-20(26)14-10-17(23(27)28)12-18(11-14)24(29)30/h4-5,8-12,15H,1-3,6-7H2,(H,21,25)(H,22,26). The van der Waals surface area contributed by atoms with E-state index in [1.807, 2.05) is 0 Å². The van der Waals surface area contributed by atoms with Gasteiger partial charge in [0.2, 0.25) is 0 Å². The number of nitro benzene ring substituents is 2. The lowest BCUT2D eigenvalue weighted by Gasteiger charge is -2.22. The van der Waals surface area contributed by atoms with Gasteiger partial charge in [0.1, 0.15) is 0 Å². The van der Waals surface area contributed by atoms with Gasteiger partial charge in [0.15, 0.2) is 0 Å². The fraction of sp³-hybridized carbons (Fsp3) is 0.300. The molecule has 0 heterocycles. The van der Waals surface area contributed by atoms with Gasteiger partial charge in [0.05, 0.1) is 21.5 Å². The number of nitrogens with one attached hydrogen (secondary N) is 2. The van der Waals surface area contributed by atoms with Crippen molar-refractivity contribution in [1.82, 2.24) is 5.32 Å². The van der Waals surface area contributed by atoms with E-state index >= 15 is 0 Å². The van der Waals surface area contributed by atoms with Crippen molar-refractivity contribution in [3.8, 4) is 0 Å². The Bertz CT molecular complexity index is 968. The van der Waals surface area contributed by atoms with Crippen LogP contribution in [0.2, 0.25) is 0 Å². The maximum absolute atomic E-state index is 12.5. The summed E-state index contributed by atoms with van der Waals surface area (Å²) in [5.74, 6) is -1.00. The third-order valence-electron chi connectivity index (χ3n) is 4.91. The molecule has 2 aromatic rings. The summed E-state index contributed by atoms with van der Waals surface area (Å²) < 4.78 is 0. The lowest BCUT2D eigenvalue weighted by molar-refractivity contribution is -0.394. The number of nitrogens with zero attached hydrogens (tertiary/aromatic N) is 2. The number of amides is 2. The first-order valence-electron chi connectivity index (χ1n) is 9.49. The lowest BCUT2D eigenvalue weighted by Crippen LogP contribution is -2.36. The molecular formula is C20H20N4O6. The fourth-order valence-electron chi connectivity index (χ4n) is 3.39. The van der Waals surface area contributed by atoms with E-state index in [-0.39, 0.29) is 17.5 Å². The first-order valence-corrected chi connectivity index (χ1v) is 9.49. The number of anilines is 1. The van der Waals surface area contributed by atoms with Crippen LogP contribution in [-0.2, 0) is 0 Å². The van der Waals surface area contributed by atoms with Crippen molar-refractivity contribution >= 4 is 28.9 Å². The summed E-state index contributed by atoms with van der Waals surface area (Å²) in [7, 11) is 0. The number of benzene rings is 2. The van der Waals surface area contributed by atoms with Crippen LogP contribution in [0.1, 0.15) is 52.8 Å². The topological polar surface area (TPSA) is 144 Å². The minimum Gasteiger partial charge on any atom is -0.349 e.